The number of nitrogens with one attached hydrogen (secondary N) is 3. The van der Waals surface area contributed by atoms with Gasteiger partial charge in [-0.05, 0) is 20.3 Å². The molecule has 1 heterocycles. The van der Waals surface area contributed by atoms with Gasteiger partial charge in [-0.1, -0.05) is 13.3 Å². The number of carbonyl (C=O) groups is 1. The van der Waals surface area contributed by atoms with Gasteiger partial charge in [0.1, 0.15) is 18.0 Å². The van der Waals surface area contributed by atoms with Gasteiger partial charge in [0, 0.05) is 18.7 Å². The summed E-state index contributed by atoms with van der Waals surface area (Å²) in [6.45, 7) is 7.70. The maximum absolute atomic E-state index is 11.5. The zero-order valence-corrected chi connectivity index (χ0v) is 11.9. The van der Waals surface area contributed by atoms with E-state index in [1.54, 1.807) is 0 Å². The van der Waals surface area contributed by atoms with Gasteiger partial charge in [-0.15, -0.1) is 0 Å². The van der Waals surface area contributed by atoms with Gasteiger partial charge in [0.05, 0.1) is 6.54 Å². The van der Waals surface area contributed by atoms with Gasteiger partial charge in [0.2, 0.25) is 5.91 Å². The van der Waals surface area contributed by atoms with Crippen molar-refractivity contribution in [2.24, 2.45) is 0 Å². The lowest BCUT2D eigenvalue weighted by Gasteiger charge is -2.14. The third-order valence-electron chi connectivity index (χ3n) is 2.58. The van der Waals surface area contributed by atoms with Gasteiger partial charge in [-0.2, -0.15) is 0 Å². The Labute approximate surface area is 114 Å². The molecular formula is C13H23N5O. The Morgan fingerprint density at radius 3 is 2.37 bits per heavy atom. The fourth-order valence-corrected chi connectivity index (χ4v) is 1.79. The van der Waals surface area contributed by atoms with Gasteiger partial charge in [0.25, 0.3) is 0 Å². The number of nitrogens with zero attached hydrogens (tertiary/aromatic N) is 2. The van der Waals surface area contributed by atoms with Gasteiger partial charge in [-0.3, -0.25) is 4.79 Å². The fourth-order valence-electron chi connectivity index (χ4n) is 1.79. The minimum Gasteiger partial charge on any atom is -0.370 e. The Hall–Kier alpha value is -1.85. The topological polar surface area (TPSA) is 78.9 Å². The van der Waals surface area contributed by atoms with Crippen molar-refractivity contribution in [2.75, 3.05) is 30.3 Å². The lowest BCUT2D eigenvalue weighted by atomic mass is 10.1. The third kappa shape index (κ3) is 4.73. The van der Waals surface area contributed by atoms with Crippen molar-refractivity contribution >= 4 is 17.5 Å². The molecule has 6 heteroatoms. The summed E-state index contributed by atoms with van der Waals surface area (Å²) in [6, 6.07) is 0. The molecule has 0 aliphatic rings. The van der Waals surface area contributed by atoms with Crippen molar-refractivity contribution in [3.05, 3.63) is 11.9 Å². The molecule has 106 valence electrons. The van der Waals surface area contributed by atoms with Gasteiger partial charge in [0.15, 0.2) is 0 Å². The zero-order valence-electron chi connectivity index (χ0n) is 11.9. The monoisotopic (exact) mass is 265 g/mol. The largest absolute Gasteiger partial charge is 0.370 e. The molecule has 0 fully saturated rings. The number of anilines is 2. The molecule has 0 bridgehead atoms. The highest BCUT2D eigenvalue weighted by atomic mass is 16.1. The predicted molar refractivity (Wildman–Crippen MR) is 77.4 cm³/mol. The number of amides is 1. The summed E-state index contributed by atoms with van der Waals surface area (Å²) in [4.78, 5) is 19.9. The summed E-state index contributed by atoms with van der Waals surface area (Å²) >= 11 is 0. The van der Waals surface area contributed by atoms with Crippen molar-refractivity contribution in [1.29, 1.82) is 0 Å². The van der Waals surface area contributed by atoms with E-state index in [1.807, 2.05) is 13.8 Å². The lowest BCUT2D eigenvalue weighted by molar-refractivity contribution is -0.119. The summed E-state index contributed by atoms with van der Waals surface area (Å²) in [6.07, 6.45) is 3.39. The van der Waals surface area contributed by atoms with Crippen LogP contribution in [-0.4, -0.2) is 35.5 Å². The van der Waals surface area contributed by atoms with Crippen LogP contribution in [0.1, 0.15) is 32.8 Å². The first-order chi connectivity index (χ1) is 9.22. The normalized spacial score (nSPS) is 10.1. The summed E-state index contributed by atoms with van der Waals surface area (Å²) in [5.41, 5.74) is 1.04. The van der Waals surface area contributed by atoms with Crippen LogP contribution in [0.5, 0.6) is 0 Å². The smallest absolute Gasteiger partial charge is 0.239 e. The van der Waals surface area contributed by atoms with E-state index >= 15 is 0 Å². The molecule has 1 rings (SSSR count). The van der Waals surface area contributed by atoms with E-state index in [4.69, 9.17) is 0 Å². The molecule has 0 aliphatic heterocycles. The van der Waals surface area contributed by atoms with Crippen molar-refractivity contribution in [1.82, 2.24) is 15.3 Å². The highest BCUT2D eigenvalue weighted by molar-refractivity contribution is 5.80. The van der Waals surface area contributed by atoms with Crippen LogP contribution in [-0.2, 0) is 11.2 Å². The summed E-state index contributed by atoms with van der Waals surface area (Å²) in [7, 11) is 0. The Balaban J connectivity index is 2.80. The number of aromatic nitrogens is 2. The number of hydrogen-bond donors (Lipinski definition) is 3. The molecule has 19 heavy (non-hydrogen) atoms. The average Bonchev–Trinajstić information content (AvgIpc) is 2.40. The standard InChI is InChI=1S/C13H23N5O/c1-4-7-10-12(15-6-3)17-9-18-13(10)16-8-11(19)14-5-2/h9H,4-8H2,1-3H3,(H,14,19)(H2,15,16,17,18). The Morgan fingerprint density at radius 1 is 1.11 bits per heavy atom. The third-order valence-corrected chi connectivity index (χ3v) is 2.58. The van der Waals surface area contributed by atoms with Crippen LogP contribution >= 0.6 is 0 Å². The molecule has 6 nitrogen and oxygen atoms in total. The highest BCUT2D eigenvalue weighted by Gasteiger charge is 2.10. The number of rotatable bonds is 8. The maximum Gasteiger partial charge on any atom is 0.239 e. The highest BCUT2D eigenvalue weighted by Crippen LogP contribution is 2.21. The fraction of sp³-hybridized carbons (Fsp3) is 0.615. The summed E-state index contributed by atoms with van der Waals surface area (Å²) in [5, 5.41) is 9.05. The second-order valence-corrected chi connectivity index (χ2v) is 4.14. The first kappa shape index (κ1) is 15.2. The number of carbonyl (C=O) groups excluding carboxylic acids is 1. The minimum atomic E-state index is -0.0337. The molecule has 3 N–H and O–H groups in total. The van der Waals surface area contributed by atoms with E-state index in [0.29, 0.717) is 6.54 Å². The molecule has 0 saturated heterocycles. The van der Waals surface area contributed by atoms with E-state index in [1.165, 1.54) is 6.33 Å². The van der Waals surface area contributed by atoms with Gasteiger partial charge in [-0.25, -0.2) is 9.97 Å². The van der Waals surface area contributed by atoms with Crippen molar-refractivity contribution in [3.8, 4) is 0 Å². The van der Waals surface area contributed by atoms with Crippen LogP contribution in [0.25, 0.3) is 0 Å². The SMILES string of the molecule is CCCc1c(NCC)ncnc1NCC(=O)NCC. The van der Waals surface area contributed by atoms with E-state index in [2.05, 4.69) is 32.8 Å². The molecule has 0 unspecified atom stereocenters. The number of likely N-dealkylation sites (N-methyl/N-ethyl adjacent to an activating group) is 1. The Bertz CT molecular complexity index is 408. The lowest BCUT2D eigenvalue weighted by Crippen LogP contribution is -2.30. The van der Waals surface area contributed by atoms with Gasteiger partial charge >= 0.3 is 0 Å². The zero-order chi connectivity index (χ0) is 14.1. The van der Waals surface area contributed by atoms with Crippen LogP contribution in [0.2, 0.25) is 0 Å². The Morgan fingerprint density at radius 2 is 1.79 bits per heavy atom. The van der Waals surface area contributed by atoms with Crippen molar-refractivity contribution in [2.45, 2.75) is 33.6 Å². The average molecular weight is 265 g/mol. The molecule has 1 aromatic rings. The first-order valence-electron chi connectivity index (χ1n) is 6.81. The molecule has 0 atom stereocenters. The van der Waals surface area contributed by atoms with Crippen LogP contribution in [0.3, 0.4) is 0 Å². The second-order valence-electron chi connectivity index (χ2n) is 4.14. The molecule has 0 spiro atoms. The van der Waals surface area contributed by atoms with Gasteiger partial charge < -0.3 is 16.0 Å². The number of hydrogen-bond acceptors (Lipinski definition) is 5. The quantitative estimate of drug-likeness (QED) is 0.662. The summed E-state index contributed by atoms with van der Waals surface area (Å²) < 4.78 is 0. The van der Waals surface area contributed by atoms with Crippen LogP contribution in [0, 0.1) is 0 Å². The molecule has 1 aromatic heterocycles. The van der Waals surface area contributed by atoms with Crippen LogP contribution in [0.4, 0.5) is 11.6 Å². The second kappa shape index (κ2) is 8.29. The predicted octanol–water partition coefficient (Wildman–Crippen LogP) is 1.41. The molecular weight excluding hydrogens is 242 g/mol. The first-order valence-corrected chi connectivity index (χ1v) is 6.81. The molecule has 0 aromatic carbocycles. The molecule has 0 radical (unpaired) electrons. The van der Waals surface area contributed by atoms with E-state index in [9.17, 15) is 4.79 Å². The molecule has 0 saturated carbocycles. The maximum atomic E-state index is 11.5. The summed E-state index contributed by atoms with van der Waals surface area (Å²) in [5.74, 6) is 1.55. The van der Waals surface area contributed by atoms with E-state index < -0.39 is 0 Å². The van der Waals surface area contributed by atoms with Crippen LogP contribution in [0.15, 0.2) is 6.33 Å². The van der Waals surface area contributed by atoms with Crippen molar-refractivity contribution < 1.29 is 4.79 Å². The molecule has 1 amide bonds. The van der Waals surface area contributed by atoms with Crippen LogP contribution < -0.4 is 16.0 Å². The van der Waals surface area contributed by atoms with E-state index in [-0.39, 0.29) is 12.5 Å². The molecule has 0 aliphatic carbocycles. The van der Waals surface area contributed by atoms with Crippen molar-refractivity contribution in [3.63, 3.8) is 0 Å². The Kier molecular flexibility index (Phi) is 6.63. The van der Waals surface area contributed by atoms with E-state index in [0.717, 1.165) is 36.6 Å². The minimum absolute atomic E-state index is 0.0337.